The predicted molar refractivity (Wildman–Crippen MR) is 54.6 cm³/mol. The van der Waals surface area contributed by atoms with Crippen molar-refractivity contribution in [1.82, 2.24) is 0 Å². The van der Waals surface area contributed by atoms with Crippen LogP contribution < -0.4 is 4.74 Å². The van der Waals surface area contributed by atoms with Gasteiger partial charge in [0.25, 0.3) is 0 Å². The summed E-state index contributed by atoms with van der Waals surface area (Å²) in [6.07, 6.45) is -0.626. The van der Waals surface area contributed by atoms with E-state index in [0.717, 1.165) is 0 Å². The Balaban J connectivity index is 2.71. The Bertz CT molecular complexity index is 333. The maximum absolute atomic E-state index is 10.9. The van der Waals surface area contributed by atoms with Crippen molar-refractivity contribution in [2.75, 3.05) is 13.7 Å². The molecule has 0 radical (unpaired) electrons. The molecule has 0 saturated carbocycles. The van der Waals surface area contributed by atoms with E-state index in [1.165, 1.54) is 7.11 Å². The van der Waals surface area contributed by atoms with Crippen LogP contribution in [0.3, 0.4) is 0 Å². The SMILES string of the molecule is COC(=O)COc1ccccc1[C@H](C)O. The van der Waals surface area contributed by atoms with Gasteiger partial charge in [-0.15, -0.1) is 0 Å². The Morgan fingerprint density at radius 1 is 1.47 bits per heavy atom. The van der Waals surface area contributed by atoms with E-state index in [-0.39, 0.29) is 6.61 Å². The highest BCUT2D eigenvalue weighted by Gasteiger charge is 2.09. The first kappa shape index (κ1) is 11.5. The average Bonchev–Trinajstić information content (AvgIpc) is 2.26. The second kappa shape index (κ2) is 5.36. The molecule has 0 spiro atoms. The molecule has 0 amide bonds. The summed E-state index contributed by atoms with van der Waals surface area (Å²) in [5.74, 6) is 0.0493. The molecule has 0 saturated heterocycles. The summed E-state index contributed by atoms with van der Waals surface area (Å²) in [5, 5.41) is 9.43. The summed E-state index contributed by atoms with van der Waals surface area (Å²) < 4.78 is 9.66. The minimum atomic E-state index is -0.626. The fraction of sp³-hybridized carbons (Fsp3) is 0.364. The number of aliphatic hydroxyl groups excluding tert-OH is 1. The molecule has 0 bridgehead atoms. The molecular weight excluding hydrogens is 196 g/mol. The third-order valence-corrected chi connectivity index (χ3v) is 1.94. The highest BCUT2D eigenvalue weighted by molar-refractivity contribution is 5.70. The molecule has 0 fully saturated rings. The molecule has 0 aromatic heterocycles. The van der Waals surface area contributed by atoms with Gasteiger partial charge in [-0.1, -0.05) is 18.2 Å². The Kier molecular flexibility index (Phi) is 4.12. The van der Waals surface area contributed by atoms with E-state index in [1.54, 1.807) is 31.2 Å². The molecule has 1 aromatic rings. The monoisotopic (exact) mass is 210 g/mol. The van der Waals surface area contributed by atoms with Gasteiger partial charge in [0.2, 0.25) is 0 Å². The topological polar surface area (TPSA) is 55.8 Å². The average molecular weight is 210 g/mol. The molecule has 15 heavy (non-hydrogen) atoms. The van der Waals surface area contributed by atoms with E-state index in [4.69, 9.17) is 4.74 Å². The zero-order valence-electron chi connectivity index (χ0n) is 8.77. The molecule has 4 nitrogen and oxygen atoms in total. The lowest BCUT2D eigenvalue weighted by Gasteiger charge is -2.12. The third-order valence-electron chi connectivity index (χ3n) is 1.94. The fourth-order valence-corrected chi connectivity index (χ4v) is 1.15. The van der Waals surface area contributed by atoms with Crippen molar-refractivity contribution in [2.24, 2.45) is 0 Å². The molecule has 0 heterocycles. The Hall–Kier alpha value is -1.55. The predicted octanol–water partition coefficient (Wildman–Crippen LogP) is 1.29. The van der Waals surface area contributed by atoms with Gasteiger partial charge in [-0.05, 0) is 13.0 Å². The summed E-state index contributed by atoms with van der Waals surface area (Å²) in [7, 11) is 1.30. The van der Waals surface area contributed by atoms with Crippen LogP contribution in [0.4, 0.5) is 0 Å². The standard InChI is InChI=1S/C11H14O4/c1-8(12)9-5-3-4-6-10(9)15-7-11(13)14-2/h3-6,8,12H,7H2,1-2H3/t8-/m0/s1. The van der Waals surface area contributed by atoms with Crippen LogP contribution in [0.1, 0.15) is 18.6 Å². The van der Waals surface area contributed by atoms with Crippen molar-refractivity contribution in [2.45, 2.75) is 13.0 Å². The van der Waals surface area contributed by atoms with Gasteiger partial charge < -0.3 is 14.6 Å². The Labute approximate surface area is 88.4 Å². The second-order valence-electron chi connectivity index (χ2n) is 3.08. The van der Waals surface area contributed by atoms with E-state index in [0.29, 0.717) is 11.3 Å². The van der Waals surface area contributed by atoms with Crippen LogP contribution in [0, 0.1) is 0 Å². The van der Waals surface area contributed by atoms with Crippen LogP contribution in [-0.2, 0) is 9.53 Å². The van der Waals surface area contributed by atoms with Gasteiger partial charge in [0.1, 0.15) is 5.75 Å². The first-order valence-electron chi connectivity index (χ1n) is 4.61. The third kappa shape index (κ3) is 3.25. The summed E-state index contributed by atoms with van der Waals surface area (Å²) in [6.45, 7) is 1.49. The first-order valence-corrected chi connectivity index (χ1v) is 4.61. The number of aliphatic hydroxyl groups is 1. The summed E-state index contributed by atoms with van der Waals surface area (Å²) in [5.41, 5.74) is 0.654. The lowest BCUT2D eigenvalue weighted by molar-refractivity contribution is -0.142. The largest absolute Gasteiger partial charge is 0.482 e. The number of carbonyl (C=O) groups excluding carboxylic acids is 1. The normalized spacial score (nSPS) is 11.9. The molecule has 1 atom stereocenters. The van der Waals surface area contributed by atoms with Crippen molar-refractivity contribution >= 4 is 5.97 Å². The number of carbonyl (C=O) groups is 1. The van der Waals surface area contributed by atoms with Crippen molar-refractivity contribution in [3.8, 4) is 5.75 Å². The highest BCUT2D eigenvalue weighted by Crippen LogP contribution is 2.24. The zero-order valence-corrected chi connectivity index (χ0v) is 8.77. The van der Waals surface area contributed by atoms with Gasteiger partial charge in [0.05, 0.1) is 13.2 Å². The fourth-order valence-electron chi connectivity index (χ4n) is 1.15. The van der Waals surface area contributed by atoms with Gasteiger partial charge in [-0.25, -0.2) is 4.79 Å². The van der Waals surface area contributed by atoms with Crippen LogP contribution in [0.2, 0.25) is 0 Å². The Morgan fingerprint density at radius 2 is 2.13 bits per heavy atom. The van der Waals surface area contributed by atoms with Crippen LogP contribution in [0.15, 0.2) is 24.3 Å². The number of ether oxygens (including phenoxy) is 2. The molecule has 0 aliphatic heterocycles. The van der Waals surface area contributed by atoms with E-state index in [2.05, 4.69) is 4.74 Å². The van der Waals surface area contributed by atoms with Gasteiger partial charge >= 0.3 is 5.97 Å². The smallest absolute Gasteiger partial charge is 0.343 e. The second-order valence-corrected chi connectivity index (χ2v) is 3.08. The molecule has 0 aliphatic rings. The molecular formula is C11H14O4. The highest BCUT2D eigenvalue weighted by atomic mass is 16.6. The van der Waals surface area contributed by atoms with Crippen LogP contribution in [0.5, 0.6) is 5.75 Å². The lowest BCUT2D eigenvalue weighted by atomic mass is 10.1. The molecule has 1 aromatic carbocycles. The van der Waals surface area contributed by atoms with Gasteiger partial charge in [-0.2, -0.15) is 0 Å². The van der Waals surface area contributed by atoms with Crippen LogP contribution >= 0.6 is 0 Å². The number of hydrogen-bond acceptors (Lipinski definition) is 4. The molecule has 4 heteroatoms. The Morgan fingerprint density at radius 3 is 2.73 bits per heavy atom. The lowest BCUT2D eigenvalue weighted by Crippen LogP contribution is -2.13. The molecule has 1 rings (SSSR count). The van der Waals surface area contributed by atoms with Crippen LogP contribution in [0.25, 0.3) is 0 Å². The first-order chi connectivity index (χ1) is 7.15. The van der Waals surface area contributed by atoms with Crippen molar-refractivity contribution in [1.29, 1.82) is 0 Å². The molecule has 82 valence electrons. The van der Waals surface area contributed by atoms with Crippen molar-refractivity contribution in [3.05, 3.63) is 29.8 Å². The summed E-state index contributed by atoms with van der Waals surface area (Å²) in [6, 6.07) is 7.02. The molecule has 1 N–H and O–H groups in total. The number of methoxy groups -OCH3 is 1. The summed E-state index contributed by atoms with van der Waals surface area (Å²) in [4.78, 5) is 10.9. The van der Waals surface area contributed by atoms with E-state index >= 15 is 0 Å². The van der Waals surface area contributed by atoms with Gasteiger partial charge in [-0.3, -0.25) is 0 Å². The maximum atomic E-state index is 10.9. The van der Waals surface area contributed by atoms with E-state index in [1.807, 2.05) is 0 Å². The number of rotatable bonds is 4. The number of esters is 1. The van der Waals surface area contributed by atoms with Crippen LogP contribution in [-0.4, -0.2) is 24.8 Å². The molecule has 0 aliphatic carbocycles. The van der Waals surface area contributed by atoms with E-state index in [9.17, 15) is 9.90 Å². The number of hydrogen-bond donors (Lipinski definition) is 1. The minimum Gasteiger partial charge on any atom is -0.482 e. The molecule has 0 unspecified atom stereocenters. The number of benzene rings is 1. The van der Waals surface area contributed by atoms with Gasteiger partial charge in [0, 0.05) is 5.56 Å². The maximum Gasteiger partial charge on any atom is 0.343 e. The number of para-hydroxylation sites is 1. The minimum absolute atomic E-state index is 0.153. The summed E-state index contributed by atoms with van der Waals surface area (Å²) >= 11 is 0. The quantitative estimate of drug-likeness (QED) is 0.761. The van der Waals surface area contributed by atoms with Crippen molar-refractivity contribution in [3.63, 3.8) is 0 Å². The zero-order chi connectivity index (χ0) is 11.3. The van der Waals surface area contributed by atoms with Gasteiger partial charge in [0.15, 0.2) is 6.61 Å². The van der Waals surface area contributed by atoms with E-state index < -0.39 is 12.1 Å². The van der Waals surface area contributed by atoms with Crippen molar-refractivity contribution < 1.29 is 19.4 Å².